The number of thioether (sulfide) groups is 1. The third-order valence-electron chi connectivity index (χ3n) is 5.91. The van der Waals surface area contributed by atoms with E-state index in [9.17, 15) is 14.4 Å². The Bertz CT molecular complexity index is 1450. The fraction of sp³-hybridized carbons (Fsp3) is 0.185. The van der Waals surface area contributed by atoms with Gasteiger partial charge in [-0.3, -0.25) is 19.0 Å². The summed E-state index contributed by atoms with van der Waals surface area (Å²) >= 11 is 1.23. The Kier molecular flexibility index (Phi) is 6.63. The van der Waals surface area contributed by atoms with E-state index in [0.29, 0.717) is 34.0 Å². The van der Waals surface area contributed by atoms with Crippen LogP contribution in [-0.4, -0.2) is 33.7 Å². The molecule has 3 aromatic carbocycles. The maximum absolute atomic E-state index is 13.3. The minimum Gasteiger partial charge on any atom is -0.323 e. The Balaban J connectivity index is 1.38. The van der Waals surface area contributed by atoms with Gasteiger partial charge in [-0.05, 0) is 42.7 Å². The van der Waals surface area contributed by atoms with Crippen LogP contribution in [0.15, 0.2) is 88.8 Å². The first-order valence-corrected chi connectivity index (χ1v) is 12.4. The summed E-state index contributed by atoms with van der Waals surface area (Å²) in [6.07, 6.45) is 1.61. The zero-order valence-corrected chi connectivity index (χ0v) is 19.8. The van der Waals surface area contributed by atoms with Crippen molar-refractivity contribution in [2.45, 2.75) is 24.5 Å². The van der Waals surface area contributed by atoms with Gasteiger partial charge >= 0.3 is 0 Å². The van der Waals surface area contributed by atoms with Crippen molar-refractivity contribution in [3.63, 3.8) is 0 Å². The van der Waals surface area contributed by atoms with Gasteiger partial charge in [0.1, 0.15) is 6.54 Å². The van der Waals surface area contributed by atoms with Crippen molar-refractivity contribution in [2.75, 3.05) is 22.5 Å². The minimum atomic E-state index is -0.233. The number of hydrogen-bond acceptors (Lipinski definition) is 5. The molecule has 0 spiro atoms. The highest BCUT2D eigenvalue weighted by Gasteiger charge is 2.27. The number of nitrogens with one attached hydrogen (secondary N) is 1. The Hall–Kier alpha value is -3.91. The van der Waals surface area contributed by atoms with Crippen molar-refractivity contribution < 1.29 is 9.59 Å². The Labute approximate surface area is 206 Å². The number of anilines is 2. The van der Waals surface area contributed by atoms with Gasteiger partial charge in [0.05, 0.1) is 28.0 Å². The third-order valence-corrected chi connectivity index (χ3v) is 6.87. The molecule has 0 fully saturated rings. The summed E-state index contributed by atoms with van der Waals surface area (Å²) in [5, 5.41) is 3.86. The van der Waals surface area contributed by atoms with Crippen molar-refractivity contribution in [3.8, 4) is 0 Å². The van der Waals surface area contributed by atoms with Crippen molar-refractivity contribution >= 4 is 45.9 Å². The lowest BCUT2D eigenvalue weighted by Crippen LogP contribution is -2.43. The molecule has 1 aromatic heterocycles. The molecule has 35 heavy (non-hydrogen) atoms. The minimum absolute atomic E-state index is 0.0363. The highest BCUT2D eigenvalue weighted by Crippen LogP contribution is 2.30. The van der Waals surface area contributed by atoms with Crippen molar-refractivity contribution in [1.82, 2.24) is 9.55 Å². The number of fused-ring (bicyclic) bond motifs is 2. The maximum Gasteiger partial charge on any atom is 0.262 e. The molecule has 1 N–H and O–H groups in total. The first-order valence-electron chi connectivity index (χ1n) is 11.5. The van der Waals surface area contributed by atoms with E-state index in [1.807, 2.05) is 54.6 Å². The van der Waals surface area contributed by atoms with Crippen LogP contribution in [0, 0.1) is 0 Å². The molecule has 0 radical (unpaired) electrons. The van der Waals surface area contributed by atoms with E-state index in [0.717, 1.165) is 12.8 Å². The van der Waals surface area contributed by atoms with Gasteiger partial charge < -0.3 is 10.2 Å². The third kappa shape index (κ3) is 4.97. The van der Waals surface area contributed by atoms with Crippen molar-refractivity contribution in [1.29, 1.82) is 0 Å². The molecule has 1 aliphatic rings. The first kappa shape index (κ1) is 22.9. The van der Waals surface area contributed by atoms with E-state index in [2.05, 4.69) is 17.4 Å². The number of rotatable bonds is 7. The Morgan fingerprint density at radius 2 is 1.69 bits per heavy atom. The standard InChI is InChI=1S/C27H24N4O3S/c32-24-17-31(23-15-7-6-14-22(23)28-24)25(33)18-35-27-29-21-13-5-4-12-20(21)26(34)30(27)16-8-11-19-9-2-1-3-10-19/h1-7,9-10,12-15H,8,11,16-18H2,(H,28,32). The normalized spacial score (nSPS) is 12.9. The second-order valence-electron chi connectivity index (χ2n) is 8.29. The van der Waals surface area contributed by atoms with Crippen molar-refractivity contribution in [3.05, 3.63) is 94.8 Å². The van der Waals surface area contributed by atoms with Gasteiger partial charge in [0.15, 0.2) is 5.16 Å². The van der Waals surface area contributed by atoms with E-state index in [1.165, 1.54) is 22.2 Å². The van der Waals surface area contributed by atoms with Gasteiger partial charge in [0, 0.05) is 6.54 Å². The van der Waals surface area contributed by atoms with Gasteiger partial charge in [-0.2, -0.15) is 0 Å². The van der Waals surface area contributed by atoms with Gasteiger partial charge in [-0.1, -0.05) is 66.4 Å². The van der Waals surface area contributed by atoms with E-state index in [1.54, 1.807) is 16.7 Å². The molecular formula is C27H24N4O3S. The summed E-state index contributed by atoms with van der Waals surface area (Å²) in [4.78, 5) is 44.8. The summed E-state index contributed by atoms with van der Waals surface area (Å²) in [6.45, 7) is 0.461. The largest absolute Gasteiger partial charge is 0.323 e. The predicted octanol–water partition coefficient (Wildman–Crippen LogP) is 4.11. The molecule has 2 heterocycles. The number of carbonyl (C=O) groups excluding carboxylic acids is 2. The van der Waals surface area contributed by atoms with Crippen molar-refractivity contribution in [2.24, 2.45) is 0 Å². The molecule has 0 saturated carbocycles. The smallest absolute Gasteiger partial charge is 0.262 e. The van der Waals surface area contributed by atoms with Gasteiger partial charge in [-0.15, -0.1) is 0 Å². The monoisotopic (exact) mass is 484 g/mol. The molecule has 4 aromatic rings. The van der Waals surface area contributed by atoms with Gasteiger partial charge in [0.2, 0.25) is 11.8 Å². The van der Waals surface area contributed by atoms with E-state index in [-0.39, 0.29) is 29.7 Å². The average molecular weight is 485 g/mol. The molecule has 5 rings (SSSR count). The van der Waals surface area contributed by atoms with Crippen LogP contribution < -0.4 is 15.8 Å². The number of para-hydroxylation sites is 3. The SMILES string of the molecule is O=C1CN(C(=O)CSc2nc3ccccc3c(=O)n2CCCc2ccccc2)c2ccccc2N1. The number of aryl methyl sites for hydroxylation is 1. The van der Waals surface area contributed by atoms with Crippen LogP contribution in [0.3, 0.4) is 0 Å². The lowest BCUT2D eigenvalue weighted by atomic mass is 10.1. The highest BCUT2D eigenvalue weighted by atomic mass is 32.2. The molecule has 8 heteroatoms. The summed E-state index contributed by atoms with van der Waals surface area (Å²) in [7, 11) is 0. The summed E-state index contributed by atoms with van der Waals surface area (Å²) in [6, 6.07) is 24.6. The maximum atomic E-state index is 13.3. The molecule has 0 bridgehead atoms. The zero-order valence-electron chi connectivity index (χ0n) is 19.0. The van der Waals surface area contributed by atoms with Crippen LogP contribution in [0.1, 0.15) is 12.0 Å². The van der Waals surface area contributed by atoms with Gasteiger partial charge in [0.25, 0.3) is 5.56 Å². The molecule has 7 nitrogen and oxygen atoms in total. The second kappa shape index (κ2) is 10.1. The molecule has 1 aliphatic heterocycles. The second-order valence-corrected chi connectivity index (χ2v) is 9.23. The number of aromatic nitrogens is 2. The predicted molar refractivity (Wildman–Crippen MR) is 139 cm³/mol. The quantitative estimate of drug-likeness (QED) is 0.315. The van der Waals surface area contributed by atoms with Gasteiger partial charge in [-0.25, -0.2) is 4.98 Å². The first-order chi connectivity index (χ1) is 17.1. The number of amides is 2. The lowest BCUT2D eigenvalue weighted by Gasteiger charge is -2.29. The Morgan fingerprint density at radius 3 is 2.54 bits per heavy atom. The molecular weight excluding hydrogens is 460 g/mol. The molecule has 0 aliphatic carbocycles. The number of hydrogen-bond donors (Lipinski definition) is 1. The fourth-order valence-corrected chi connectivity index (χ4v) is 5.10. The van der Waals surface area contributed by atoms with Crippen LogP contribution >= 0.6 is 11.8 Å². The zero-order chi connectivity index (χ0) is 24.2. The van der Waals surface area contributed by atoms with E-state index in [4.69, 9.17) is 4.98 Å². The summed E-state index contributed by atoms with van der Waals surface area (Å²) < 4.78 is 1.67. The Morgan fingerprint density at radius 1 is 0.943 bits per heavy atom. The number of carbonyl (C=O) groups is 2. The number of benzene rings is 3. The van der Waals surface area contributed by atoms with Crippen LogP contribution in [-0.2, 0) is 22.6 Å². The highest BCUT2D eigenvalue weighted by molar-refractivity contribution is 7.99. The van der Waals surface area contributed by atoms with E-state index >= 15 is 0 Å². The van der Waals surface area contributed by atoms with Crippen LogP contribution in [0.5, 0.6) is 0 Å². The van der Waals surface area contributed by atoms with Crippen LogP contribution in [0.2, 0.25) is 0 Å². The average Bonchev–Trinajstić information content (AvgIpc) is 2.89. The fourth-order valence-electron chi connectivity index (χ4n) is 4.20. The molecule has 176 valence electrons. The van der Waals surface area contributed by atoms with E-state index < -0.39 is 0 Å². The van der Waals surface area contributed by atoms with Crippen LogP contribution in [0.25, 0.3) is 10.9 Å². The molecule has 0 unspecified atom stereocenters. The molecule has 0 atom stereocenters. The topological polar surface area (TPSA) is 84.3 Å². The molecule has 0 saturated heterocycles. The lowest BCUT2D eigenvalue weighted by molar-refractivity contribution is -0.120. The summed E-state index contributed by atoms with van der Waals surface area (Å²) in [5.74, 6) is -0.385. The summed E-state index contributed by atoms with van der Waals surface area (Å²) in [5.41, 5.74) is 2.99. The van der Waals surface area contributed by atoms with Crippen LogP contribution in [0.4, 0.5) is 11.4 Å². The molecule has 2 amide bonds. The number of nitrogens with zero attached hydrogens (tertiary/aromatic N) is 3.